The topological polar surface area (TPSA) is 56.3 Å². The molecule has 5 heterocycles. The highest BCUT2D eigenvalue weighted by atomic mass is 14.9. The third kappa shape index (κ3) is 3.83. The van der Waals surface area contributed by atoms with E-state index >= 15 is 0 Å². The zero-order valence-electron chi connectivity index (χ0n) is 23.3. The van der Waals surface area contributed by atoms with Gasteiger partial charge in [0.15, 0.2) is 0 Å². The minimum atomic E-state index is -0.374. The molecule has 0 spiro atoms. The molecular weight excluding hydrogens is 488 g/mol. The molecule has 0 amide bonds. The number of aromatic amines is 2. The van der Waals surface area contributed by atoms with Gasteiger partial charge in [-0.25, -0.2) is 0 Å². The number of nitrogens with one attached hydrogen (secondary N) is 2. The Bertz CT molecular complexity index is 1680. The van der Waals surface area contributed by atoms with Crippen molar-refractivity contribution in [3.63, 3.8) is 0 Å². The number of rotatable bonds is 2. The molecule has 3 aliphatic heterocycles. The minimum absolute atomic E-state index is 0.283. The van der Waals surface area contributed by atoms with Crippen LogP contribution in [0.5, 0.6) is 0 Å². The molecule has 196 valence electrons. The van der Waals surface area contributed by atoms with Crippen molar-refractivity contribution in [1.29, 1.82) is 0 Å². The summed E-state index contributed by atoms with van der Waals surface area (Å²) >= 11 is 0. The Balaban J connectivity index is 1.51. The highest BCUT2D eigenvalue weighted by Crippen LogP contribution is 2.39. The SMILES string of the molecule is CC1(C)C2=NC(=C(c3ccccc3)c3ccc([nH]3)C(C)(C)c3ccc([nH]3)C(c3ccccc3)=C3C=CC1=N3)C=C2. The van der Waals surface area contributed by atoms with Crippen LogP contribution >= 0.6 is 0 Å². The summed E-state index contributed by atoms with van der Waals surface area (Å²) in [5, 5.41) is 0. The molecule has 2 aromatic heterocycles. The van der Waals surface area contributed by atoms with Crippen LogP contribution in [0.3, 0.4) is 0 Å². The fourth-order valence-electron chi connectivity index (χ4n) is 5.88. The molecule has 2 aromatic carbocycles. The highest BCUT2D eigenvalue weighted by Gasteiger charge is 2.34. The van der Waals surface area contributed by atoms with Crippen molar-refractivity contribution < 1.29 is 0 Å². The van der Waals surface area contributed by atoms with E-state index in [0.29, 0.717) is 0 Å². The van der Waals surface area contributed by atoms with Crippen LogP contribution in [0.1, 0.15) is 61.6 Å². The minimum Gasteiger partial charge on any atom is -0.358 e. The number of H-pyrrole nitrogens is 2. The molecule has 7 rings (SSSR count). The third-order valence-corrected chi connectivity index (χ3v) is 8.46. The van der Waals surface area contributed by atoms with Gasteiger partial charge in [-0.3, -0.25) is 9.98 Å². The maximum atomic E-state index is 5.23. The van der Waals surface area contributed by atoms with E-state index in [4.69, 9.17) is 9.98 Å². The monoisotopic (exact) mass is 520 g/mol. The van der Waals surface area contributed by atoms with Crippen LogP contribution in [0, 0.1) is 5.41 Å². The lowest BCUT2D eigenvalue weighted by Gasteiger charge is -2.24. The Kier molecular flexibility index (Phi) is 5.43. The van der Waals surface area contributed by atoms with Gasteiger partial charge in [-0.2, -0.15) is 0 Å². The zero-order chi connectivity index (χ0) is 27.5. The first-order valence-corrected chi connectivity index (χ1v) is 13.9. The second-order valence-corrected chi connectivity index (χ2v) is 11.7. The fourth-order valence-corrected chi connectivity index (χ4v) is 5.88. The Morgan fingerprint density at radius 1 is 0.475 bits per heavy atom. The van der Waals surface area contributed by atoms with Crippen LogP contribution in [-0.4, -0.2) is 21.4 Å². The lowest BCUT2D eigenvalue weighted by molar-refractivity contribution is 0.602. The van der Waals surface area contributed by atoms with Gasteiger partial charge >= 0.3 is 0 Å². The standard InChI is InChI=1S/C36H32N4/c1-35(2)29-19-15-25(37-29)33(23-11-7-5-8-12-23)27-17-21-31(39-27)36(3,4)32-22-18-28(40-32)34(24-13-9-6-10-14-24)26-16-20-30(35)38-26/h5-22,37-38H,1-4H3. The molecule has 0 radical (unpaired) electrons. The number of benzene rings is 2. The Hall–Kier alpha value is -4.70. The lowest BCUT2D eigenvalue weighted by atomic mass is 9.82. The van der Waals surface area contributed by atoms with E-state index in [0.717, 1.165) is 67.9 Å². The predicted molar refractivity (Wildman–Crippen MR) is 166 cm³/mol. The van der Waals surface area contributed by atoms with Crippen molar-refractivity contribution in [2.24, 2.45) is 15.4 Å². The molecule has 40 heavy (non-hydrogen) atoms. The smallest absolute Gasteiger partial charge is 0.0733 e. The highest BCUT2D eigenvalue weighted by molar-refractivity contribution is 6.22. The van der Waals surface area contributed by atoms with E-state index in [1.165, 1.54) is 0 Å². The normalized spacial score (nSPS) is 18.8. The average molecular weight is 521 g/mol. The fraction of sp³-hybridized carbons (Fsp3) is 0.167. The summed E-state index contributed by atoms with van der Waals surface area (Å²) in [6.07, 6.45) is 8.59. The van der Waals surface area contributed by atoms with Crippen LogP contribution in [0.25, 0.3) is 11.1 Å². The first kappa shape index (κ1) is 24.3. The predicted octanol–water partition coefficient (Wildman–Crippen LogP) is 8.25. The molecule has 0 aliphatic carbocycles. The number of aliphatic imine (C=N–C) groups is 2. The van der Waals surface area contributed by atoms with Crippen molar-refractivity contribution in [2.75, 3.05) is 0 Å². The van der Waals surface area contributed by atoms with Gasteiger partial charge in [0.1, 0.15) is 0 Å². The molecular formula is C36H32N4. The summed E-state index contributed by atoms with van der Waals surface area (Å²) in [6, 6.07) is 29.8. The molecule has 3 aliphatic rings. The second-order valence-electron chi connectivity index (χ2n) is 11.7. The quantitative estimate of drug-likeness (QED) is 0.267. The number of hydrogen-bond acceptors (Lipinski definition) is 2. The molecule has 8 bridgehead atoms. The zero-order valence-corrected chi connectivity index (χ0v) is 23.3. The second kappa shape index (κ2) is 8.92. The van der Waals surface area contributed by atoms with Crippen molar-refractivity contribution in [2.45, 2.75) is 33.1 Å². The number of nitrogens with zero attached hydrogens (tertiary/aromatic N) is 2. The van der Waals surface area contributed by atoms with Gasteiger partial charge in [-0.05, 0) is 87.4 Å². The van der Waals surface area contributed by atoms with E-state index in [9.17, 15) is 0 Å². The van der Waals surface area contributed by atoms with Crippen molar-refractivity contribution in [1.82, 2.24) is 9.97 Å². The molecule has 4 heteroatoms. The van der Waals surface area contributed by atoms with Gasteiger partial charge < -0.3 is 9.97 Å². The lowest BCUT2D eigenvalue weighted by Crippen LogP contribution is -2.30. The molecule has 4 aromatic rings. The van der Waals surface area contributed by atoms with Crippen LogP contribution < -0.4 is 0 Å². The van der Waals surface area contributed by atoms with Gasteiger partial charge in [0.05, 0.1) is 22.8 Å². The van der Waals surface area contributed by atoms with Crippen LogP contribution in [0.2, 0.25) is 0 Å². The molecule has 0 unspecified atom stereocenters. The van der Waals surface area contributed by atoms with E-state index in [1.54, 1.807) is 0 Å². The number of hydrogen-bond donors (Lipinski definition) is 2. The molecule has 0 saturated carbocycles. The van der Waals surface area contributed by atoms with Crippen LogP contribution in [0.15, 0.2) is 131 Å². The van der Waals surface area contributed by atoms with Gasteiger partial charge in [0, 0.05) is 44.8 Å². The van der Waals surface area contributed by atoms with E-state index in [-0.39, 0.29) is 10.8 Å². The first-order valence-electron chi connectivity index (χ1n) is 13.9. The molecule has 4 nitrogen and oxygen atoms in total. The molecule has 0 saturated heterocycles. The number of fused-ring (bicyclic) bond motifs is 6. The van der Waals surface area contributed by atoms with Crippen LogP contribution in [-0.2, 0) is 5.41 Å². The Labute approximate surface area is 235 Å². The van der Waals surface area contributed by atoms with E-state index < -0.39 is 0 Å². The van der Waals surface area contributed by atoms with E-state index in [1.807, 2.05) is 0 Å². The van der Waals surface area contributed by atoms with Crippen LogP contribution in [0.4, 0.5) is 0 Å². The van der Waals surface area contributed by atoms with Gasteiger partial charge in [0.25, 0.3) is 0 Å². The van der Waals surface area contributed by atoms with Crippen molar-refractivity contribution in [3.8, 4) is 0 Å². The molecule has 0 atom stereocenters. The summed E-state index contributed by atoms with van der Waals surface area (Å²) < 4.78 is 0. The summed E-state index contributed by atoms with van der Waals surface area (Å²) in [5.41, 5.74) is 12.1. The Morgan fingerprint density at radius 3 is 1.32 bits per heavy atom. The maximum Gasteiger partial charge on any atom is 0.0733 e. The number of aromatic nitrogens is 2. The molecule has 2 N–H and O–H groups in total. The maximum absolute atomic E-state index is 5.23. The summed E-state index contributed by atoms with van der Waals surface area (Å²) in [7, 11) is 0. The largest absolute Gasteiger partial charge is 0.358 e. The van der Waals surface area contributed by atoms with E-state index in [2.05, 4.69) is 147 Å². The first-order chi connectivity index (χ1) is 19.3. The summed E-state index contributed by atoms with van der Waals surface area (Å²) in [6.45, 7) is 8.93. The molecule has 0 fully saturated rings. The van der Waals surface area contributed by atoms with Gasteiger partial charge in [0.2, 0.25) is 0 Å². The summed E-state index contributed by atoms with van der Waals surface area (Å²) in [4.78, 5) is 18.0. The third-order valence-electron chi connectivity index (χ3n) is 8.46. The Morgan fingerprint density at radius 2 is 0.900 bits per heavy atom. The van der Waals surface area contributed by atoms with Crippen molar-refractivity contribution in [3.05, 3.63) is 155 Å². The summed E-state index contributed by atoms with van der Waals surface area (Å²) in [5.74, 6) is 0. The van der Waals surface area contributed by atoms with Gasteiger partial charge in [-0.1, -0.05) is 60.7 Å². The number of allylic oxidation sites excluding steroid dienone is 4. The van der Waals surface area contributed by atoms with Gasteiger partial charge in [-0.15, -0.1) is 0 Å². The van der Waals surface area contributed by atoms with Crippen molar-refractivity contribution >= 4 is 22.6 Å². The average Bonchev–Trinajstić information content (AvgIpc) is 3.78.